The predicted octanol–water partition coefficient (Wildman–Crippen LogP) is 7.80. The Balaban J connectivity index is 0.000000570. The van der Waals surface area contributed by atoms with Crippen LogP contribution in [0.2, 0.25) is 0 Å². The third-order valence-electron chi connectivity index (χ3n) is 4.60. The predicted molar refractivity (Wildman–Crippen MR) is 115 cm³/mol. The Morgan fingerprint density at radius 2 is 1.27 bits per heavy atom. The van der Waals surface area contributed by atoms with Gasteiger partial charge in [0, 0.05) is 16.5 Å². The summed E-state index contributed by atoms with van der Waals surface area (Å²) in [5, 5.41) is 2.44. The fourth-order valence-corrected chi connectivity index (χ4v) is 3.44. The van der Waals surface area contributed by atoms with Crippen LogP contribution in [0.1, 0.15) is 58.2 Å². The molecule has 1 heteroatoms. The maximum absolute atomic E-state index is 6.45. The molecule has 1 aliphatic heterocycles. The monoisotopic (exact) mass is 348 g/mol. The summed E-state index contributed by atoms with van der Waals surface area (Å²) < 4.78 is 6.45. The first kappa shape index (κ1) is 20.0. The van der Waals surface area contributed by atoms with Crippen molar-refractivity contribution in [3.63, 3.8) is 0 Å². The number of ether oxygens (including phenoxy) is 1. The quantitative estimate of drug-likeness (QED) is 0.402. The maximum Gasteiger partial charge on any atom is 0.136 e. The van der Waals surface area contributed by atoms with Gasteiger partial charge < -0.3 is 4.74 Å². The molecule has 138 valence electrons. The largest absolute Gasteiger partial charge is 0.482 e. The molecule has 0 saturated carbocycles. The topological polar surface area (TPSA) is 9.23 Å². The molecule has 0 radical (unpaired) electrons. The smallest absolute Gasteiger partial charge is 0.136 e. The van der Waals surface area contributed by atoms with Gasteiger partial charge in [0.25, 0.3) is 0 Å². The molecular formula is C25H32O. The minimum absolute atomic E-state index is 0.312. The van der Waals surface area contributed by atoms with Crippen LogP contribution in [0.5, 0.6) is 5.75 Å². The van der Waals surface area contributed by atoms with E-state index >= 15 is 0 Å². The number of rotatable bonds is 0. The van der Waals surface area contributed by atoms with Gasteiger partial charge in [0.2, 0.25) is 0 Å². The van der Waals surface area contributed by atoms with Crippen molar-refractivity contribution in [3.05, 3.63) is 65.2 Å². The van der Waals surface area contributed by atoms with Crippen molar-refractivity contribution >= 4 is 10.8 Å². The molecule has 4 rings (SSSR count). The SMILES string of the molecule is CC.CC.Cc1ccc2c(c1)C(C)(C)Oc1c-2ccc2cc(C)ccc12. The van der Waals surface area contributed by atoms with E-state index in [1.54, 1.807) is 0 Å². The normalized spacial score (nSPS) is 13.2. The van der Waals surface area contributed by atoms with Crippen molar-refractivity contribution in [1.29, 1.82) is 0 Å². The summed E-state index contributed by atoms with van der Waals surface area (Å²) in [7, 11) is 0. The highest BCUT2D eigenvalue weighted by atomic mass is 16.5. The van der Waals surface area contributed by atoms with Gasteiger partial charge in [-0.15, -0.1) is 0 Å². The average Bonchev–Trinajstić information content (AvgIpc) is 2.64. The van der Waals surface area contributed by atoms with Crippen molar-refractivity contribution in [2.45, 2.75) is 61.0 Å². The molecule has 0 spiro atoms. The minimum atomic E-state index is -0.312. The lowest BCUT2D eigenvalue weighted by atomic mass is 9.84. The number of benzene rings is 3. The number of aryl methyl sites for hydroxylation is 2. The Bertz CT molecular complexity index is 903. The van der Waals surface area contributed by atoms with Crippen LogP contribution in [-0.2, 0) is 5.60 Å². The molecule has 0 unspecified atom stereocenters. The van der Waals surface area contributed by atoms with Crippen LogP contribution in [0.15, 0.2) is 48.5 Å². The molecule has 0 bridgehead atoms. The van der Waals surface area contributed by atoms with E-state index < -0.39 is 0 Å². The summed E-state index contributed by atoms with van der Waals surface area (Å²) in [4.78, 5) is 0. The molecule has 0 N–H and O–H groups in total. The zero-order valence-corrected chi connectivity index (χ0v) is 17.5. The molecule has 1 aliphatic rings. The molecule has 1 nitrogen and oxygen atoms in total. The van der Waals surface area contributed by atoms with E-state index in [1.807, 2.05) is 27.7 Å². The number of hydrogen-bond donors (Lipinski definition) is 0. The maximum atomic E-state index is 6.45. The van der Waals surface area contributed by atoms with E-state index in [9.17, 15) is 0 Å². The molecule has 0 aliphatic carbocycles. The highest BCUT2D eigenvalue weighted by molar-refractivity contribution is 5.97. The highest BCUT2D eigenvalue weighted by Crippen LogP contribution is 2.48. The van der Waals surface area contributed by atoms with Gasteiger partial charge in [0.1, 0.15) is 11.4 Å². The third kappa shape index (κ3) is 3.49. The van der Waals surface area contributed by atoms with Gasteiger partial charge in [0.15, 0.2) is 0 Å². The van der Waals surface area contributed by atoms with Crippen molar-refractivity contribution < 1.29 is 4.74 Å². The average molecular weight is 349 g/mol. The summed E-state index contributed by atoms with van der Waals surface area (Å²) in [6.45, 7) is 16.6. The lowest BCUT2D eigenvalue weighted by Gasteiger charge is -2.36. The van der Waals surface area contributed by atoms with Crippen molar-refractivity contribution in [2.75, 3.05) is 0 Å². The van der Waals surface area contributed by atoms with Gasteiger partial charge in [-0.2, -0.15) is 0 Å². The second-order valence-corrected chi connectivity index (χ2v) is 6.83. The van der Waals surface area contributed by atoms with Gasteiger partial charge in [-0.1, -0.05) is 81.3 Å². The summed E-state index contributed by atoms with van der Waals surface area (Å²) in [6, 6.07) is 17.6. The Morgan fingerprint density at radius 1 is 0.692 bits per heavy atom. The van der Waals surface area contributed by atoms with E-state index in [0.717, 1.165) is 5.75 Å². The summed E-state index contributed by atoms with van der Waals surface area (Å²) in [6.07, 6.45) is 0. The fourth-order valence-electron chi connectivity index (χ4n) is 3.44. The number of fused-ring (bicyclic) bond motifs is 5. The Hall–Kier alpha value is -2.28. The van der Waals surface area contributed by atoms with Crippen molar-refractivity contribution in [2.24, 2.45) is 0 Å². The standard InChI is InChI=1S/C21H20O.2C2H6/c1-13-5-8-16-15(11-13)7-10-18-17-9-6-14(2)12-19(17)21(3,4)22-20(16)18;2*1-2/h5-12H,1-4H3;2*1-2H3. The number of hydrogen-bond acceptors (Lipinski definition) is 1. The highest BCUT2D eigenvalue weighted by Gasteiger charge is 2.33. The summed E-state index contributed by atoms with van der Waals surface area (Å²) >= 11 is 0. The van der Waals surface area contributed by atoms with Crippen LogP contribution in [-0.4, -0.2) is 0 Å². The molecule has 0 saturated heterocycles. The molecular weight excluding hydrogens is 316 g/mol. The first-order chi connectivity index (χ1) is 12.5. The zero-order chi connectivity index (χ0) is 19.5. The van der Waals surface area contributed by atoms with Gasteiger partial charge in [-0.3, -0.25) is 0 Å². The van der Waals surface area contributed by atoms with Crippen LogP contribution in [0, 0.1) is 13.8 Å². The molecule has 3 aromatic rings. The minimum Gasteiger partial charge on any atom is -0.482 e. The van der Waals surface area contributed by atoms with E-state index in [0.29, 0.717) is 0 Å². The Kier molecular flexibility index (Phi) is 6.13. The van der Waals surface area contributed by atoms with E-state index in [2.05, 4.69) is 76.2 Å². The Morgan fingerprint density at radius 3 is 1.96 bits per heavy atom. The van der Waals surface area contributed by atoms with Gasteiger partial charge >= 0.3 is 0 Å². The van der Waals surface area contributed by atoms with E-state index in [1.165, 1.54) is 38.6 Å². The zero-order valence-electron chi connectivity index (χ0n) is 17.5. The summed E-state index contributed by atoms with van der Waals surface area (Å²) in [5.74, 6) is 1.01. The second-order valence-electron chi connectivity index (χ2n) is 6.83. The van der Waals surface area contributed by atoms with Crippen LogP contribution in [0.25, 0.3) is 21.9 Å². The summed E-state index contributed by atoms with van der Waals surface area (Å²) in [5.41, 5.74) is 6.00. The third-order valence-corrected chi connectivity index (χ3v) is 4.60. The molecule has 0 amide bonds. The van der Waals surface area contributed by atoms with Crippen LogP contribution in [0.3, 0.4) is 0 Å². The molecule has 26 heavy (non-hydrogen) atoms. The second kappa shape index (κ2) is 7.95. The first-order valence-electron chi connectivity index (χ1n) is 9.79. The molecule has 0 aromatic heterocycles. The fraction of sp³-hybridized carbons (Fsp3) is 0.360. The van der Waals surface area contributed by atoms with E-state index in [-0.39, 0.29) is 5.60 Å². The van der Waals surface area contributed by atoms with Crippen LogP contribution >= 0.6 is 0 Å². The molecule has 1 heterocycles. The van der Waals surface area contributed by atoms with Crippen molar-refractivity contribution in [3.8, 4) is 16.9 Å². The van der Waals surface area contributed by atoms with Gasteiger partial charge in [-0.25, -0.2) is 0 Å². The lowest BCUT2D eigenvalue weighted by molar-refractivity contribution is 0.108. The van der Waals surface area contributed by atoms with Gasteiger partial charge in [0.05, 0.1) is 0 Å². The molecule has 0 atom stereocenters. The molecule has 0 fully saturated rings. The van der Waals surface area contributed by atoms with Crippen LogP contribution in [0.4, 0.5) is 0 Å². The Labute approximate surface area is 159 Å². The lowest BCUT2D eigenvalue weighted by Crippen LogP contribution is -2.29. The van der Waals surface area contributed by atoms with E-state index in [4.69, 9.17) is 4.74 Å². The molecule has 3 aromatic carbocycles. The van der Waals surface area contributed by atoms with Crippen LogP contribution < -0.4 is 4.74 Å². The van der Waals surface area contributed by atoms with Gasteiger partial charge in [-0.05, 0) is 44.7 Å². The van der Waals surface area contributed by atoms with Crippen molar-refractivity contribution in [1.82, 2.24) is 0 Å². The first-order valence-corrected chi connectivity index (χ1v) is 9.79.